The van der Waals surface area contributed by atoms with Crippen LogP contribution in [0.1, 0.15) is 29.8 Å². The van der Waals surface area contributed by atoms with Gasteiger partial charge in [0, 0.05) is 6.54 Å². The smallest absolute Gasteiger partial charge is 0.244 e. The van der Waals surface area contributed by atoms with Crippen LogP contribution in [0.15, 0.2) is 29.2 Å². The second-order valence-corrected chi connectivity index (χ2v) is 6.91. The minimum Gasteiger partial charge on any atom is -0.281 e. The van der Waals surface area contributed by atoms with Crippen molar-refractivity contribution < 1.29 is 12.8 Å². The number of unbranched alkanes of at least 4 members (excludes halogenated alkanes) is 1. The Morgan fingerprint density at radius 2 is 1.95 bits per heavy atom. The second kappa shape index (κ2) is 7.02. The molecule has 0 unspecified atom stereocenters. The van der Waals surface area contributed by atoms with Gasteiger partial charge in [-0.3, -0.25) is 5.10 Å². The summed E-state index contributed by atoms with van der Waals surface area (Å²) in [7, 11) is -3.55. The Kier molecular flexibility index (Phi) is 5.31. The van der Waals surface area contributed by atoms with Crippen LogP contribution in [-0.4, -0.2) is 25.2 Å². The van der Waals surface area contributed by atoms with Gasteiger partial charge in [-0.15, -0.1) is 0 Å². The summed E-state index contributed by atoms with van der Waals surface area (Å²) >= 11 is 0. The van der Waals surface area contributed by atoms with E-state index in [2.05, 4.69) is 14.9 Å². The van der Waals surface area contributed by atoms with Crippen LogP contribution >= 0.6 is 0 Å². The molecule has 2 N–H and O–H groups in total. The third-order valence-corrected chi connectivity index (χ3v) is 5.18. The van der Waals surface area contributed by atoms with Crippen LogP contribution in [0.2, 0.25) is 0 Å². The normalized spacial score (nSPS) is 11.8. The van der Waals surface area contributed by atoms with E-state index in [-0.39, 0.29) is 10.7 Å². The molecule has 5 nitrogen and oxygen atoms in total. The summed E-state index contributed by atoms with van der Waals surface area (Å²) in [4.78, 5) is 0.210. The number of nitrogens with zero attached hydrogens (tertiary/aromatic N) is 1. The Bertz CT molecular complexity index is 721. The topological polar surface area (TPSA) is 74.8 Å². The van der Waals surface area contributed by atoms with Crippen molar-refractivity contribution in [1.82, 2.24) is 14.9 Å². The van der Waals surface area contributed by atoms with Gasteiger partial charge in [-0.05, 0) is 44.7 Å². The number of benzene rings is 1. The van der Waals surface area contributed by atoms with Gasteiger partial charge >= 0.3 is 0 Å². The molecule has 0 bridgehead atoms. The van der Waals surface area contributed by atoms with Crippen LogP contribution in [0.25, 0.3) is 0 Å². The number of hydrogen-bond acceptors (Lipinski definition) is 3. The van der Waals surface area contributed by atoms with E-state index < -0.39 is 10.0 Å². The zero-order valence-corrected chi connectivity index (χ0v) is 13.5. The Morgan fingerprint density at radius 3 is 2.59 bits per heavy atom. The maximum atomic E-state index is 13.4. The highest BCUT2D eigenvalue weighted by Crippen LogP contribution is 2.16. The van der Waals surface area contributed by atoms with Crippen LogP contribution < -0.4 is 4.72 Å². The Balaban J connectivity index is 1.83. The standard InChI is InChI=1S/C15H20FN3O2S/c1-11-15(12(2)19-18-11)22(20,21)17-10-6-5-8-13-7-3-4-9-14(13)16/h3-4,7,9,17H,5-6,8,10H2,1-2H3,(H,18,19). The number of hydrogen-bond donors (Lipinski definition) is 2. The van der Waals surface area contributed by atoms with E-state index in [4.69, 9.17) is 0 Å². The number of nitrogens with one attached hydrogen (secondary N) is 2. The molecular weight excluding hydrogens is 305 g/mol. The first kappa shape index (κ1) is 16.6. The van der Waals surface area contributed by atoms with Crippen molar-refractivity contribution in [2.75, 3.05) is 6.54 Å². The molecule has 1 aromatic carbocycles. The van der Waals surface area contributed by atoms with Crippen molar-refractivity contribution >= 4 is 10.0 Å². The number of aryl methyl sites for hydroxylation is 3. The summed E-state index contributed by atoms with van der Waals surface area (Å²) in [5.41, 5.74) is 1.64. The van der Waals surface area contributed by atoms with Gasteiger partial charge in [0.05, 0.1) is 11.4 Å². The second-order valence-electron chi connectivity index (χ2n) is 5.21. The molecule has 2 aromatic rings. The summed E-state index contributed by atoms with van der Waals surface area (Å²) in [6.07, 6.45) is 1.95. The molecule has 0 atom stereocenters. The first-order valence-electron chi connectivity index (χ1n) is 7.16. The van der Waals surface area contributed by atoms with E-state index in [1.165, 1.54) is 6.07 Å². The highest BCUT2D eigenvalue weighted by Gasteiger charge is 2.21. The van der Waals surface area contributed by atoms with Crippen molar-refractivity contribution in [1.29, 1.82) is 0 Å². The minimum atomic E-state index is -3.55. The van der Waals surface area contributed by atoms with Crippen molar-refractivity contribution in [2.24, 2.45) is 0 Å². The lowest BCUT2D eigenvalue weighted by Gasteiger charge is -2.07. The maximum Gasteiger partial charge on any atom is 0.244 e. The lowest BCUT2D eigenvalue weighted by Crippen LogP contribution is -2.25. The Morgan fingerprint density at radius 1 is 1.23 bits per heavy atom. The van der Waals surface area contributed by atoms with Gasteiger partial charge in [0.1, 0.15) is 10.7 Å². The number of aromatic amines is 1. The van der Waals surface area contributed by atoms with Crippen LogP contribution in [0.4, 0.5) is 4.39 Å². The predicted octanol–water partition coefficient (Wildman–Crippen LogP) is 2.47. The molecule has 1 aromatic heterocycles. The molecule has 0 saturated carbocycles. The molecule has 120 valence electrons. The zero-order chi connectivity index (χ0) is 16.2. The number of H-pyrrole nitrogens is 1. The predicted molar refractivity (Wildman–Crippen MR) is 82.6 cm³/mol. The van der Waals surface area contributed by atoms with E-state index in [1.807, 2.05) is 0 Å². The molecule has 0 fully saturated rings. The third kappa shape index (κ3) is 3.92. The highest BCUT2D eigenvalue weighted by atomic mass is 32.2. The first-order valence-corrected chi connectivity index (χ1v) is 8.65. The molecule has 0 saturated heterocycles. The fraction of sp³-hybridized carbons (Fsp3) is 0.400. The monoisotopic (exact) mass is 325 g/mol. The van der Waals surface area contributed by atoms with Gasteiger partial charge in [0.2, 0.25) is 10.0 Å². The molecule has 0 aliphatic heterocycles. The van der Waals surface area contributed by atoms with Gasteiger partial charge < -0.3 is 0 Å². The minimum absolute atomic E-state index is 0.210. The van der Waals surface area contributed by atoms with Gasteiger partial charge in [-0.1, -0.05) is 18.2 Å². The van der Waals surface area contributed by atoms with Crippen molar-refractivity contribution in [2.45, 2.75) is 38.0 Å². The molecule has 1 heterocycles. The molecule has 0 aliphatic rings. The fourth-order valence-electron chi connectivity index (χ4n) is 2.36. The Hall–Kier alpha value is -1.73. The lowest BCUT2D eigenvalue weighted by atomic mass is 10.1. The number of aromatic nitrogens is 2. The molecule has 7 heteroatoms. The van der Waals surface area contributed by atoms with Crippen LogP contribution in [0.3, 0.4) is 0 Å². The van der Waals surface area contributed by atoms with Crippen molar-refractivity contribution in [3.63, 3.8) is 0 Å². The highest BCUT2D eigenvalue weighted by molar-refractivity contribution is 7.89. The summed E-state index contributed by atoms with van der Waals surface area (Å²) in [6.45, 7) is 3.64. The van der Waals surface area contributed by atoms with Gasteiger partial charge in [-0.25, -0.2) is 17.5 Å². The first-order chi connectivity index (χ1) is 10.4. The van der Waals surface area contributed by atoms with Gasteiger partial charge in [-0.2, -0.15) is 5.10 Å². The average Bonchev–Trinajstić information content (AvgIpc) is 2.80. The van der Waals surface area contributed by atoms with Crippen LogP contribution in [0, 0.1) is 19.7 Å². The van der Waals surface area contributed by atoms with E-state index in [0.29, 0.717) is 42.8 Å². The quantitative estimate of drug-likeness (QED) is 0.768. The lowest BCUT2D eigenvalue weighted by molar-refractivity contribution is 0.572. The molecule has 0 aliphatic carbocycles. The van der Waals surface area contributed by atoms with E-state index in [1.54, 1.807) is 32.0 Å². The fourth-order valence-corrected chi connectivity index (χ4v) is 3.80. The molecule has 22 heavy (non-hydrogen) atoms. The summed E-state index contributed by atoms with van der Waals surface area (Å²) < 4.78 is 40.4. The maximum absolute atomic E-state index is 13.4. The SMILES string of the molecule is Cc1n[nH]c(C)c1S(=O)(=O)NCCCCc1ccccc1F. The average molecular weight is 325 g/mol. The molecule has 0 radical (unpaired) electrons. The molecule has 2 rings (SSSR count). The van der Waals surface area contributed by atoms with Gasteiger partial charge in [0.15, 0.2) is 0 Å². The Labute approximate surface area is 130 Å². The van der Waals surface area contributed by atoms with Crippen molar-refractivity contribution in [3.05, 3.63) is 47.0 Å². The largest absolute Gasteiger partial charge is 0.281 e. The number of rotatable bonds is 7. The van der Waals surface area contributed by atoms with E-state index >= 15 is 0 Å². The summed E-state index contributed by atoms with van der Waals surface area (Å²) in [6, 6.07) is 6.63. The van der Waals surface area contributed by atoms with E-state index in [0.717, 1.165) is 0 Å². The van der Waals surface area contributed by atoms with Crippen LogP contribution in [-0.2, 0) is 16.4 Å². The zero-order valence-electron chi connectivity index (χ0n) is 12.7. The molecule has 0 amide bonds. The third-order valence-electron chi connectivity index (χ3n) is 3.45. The summed E-state index contributed by atoms with van der Waals surface area (Å²) in [5.74, 6) is -0.215. The molecular formula is C15H20FN3O2S. The van der Waals surface area contributed by atoms with E-state index in [9.17, 15) is 12.8 Å². The summed E-state index contributed by atoms with van der Waals surface area (Å²) in [5, 5.41) is 6.55. The van der Waals surface area contributed by atoms with Gasteiger partial charge in [0.25, 0.3) is 0 Å². The van der Waals surface area contributed by atoms with Crippen molar-refractivity contribution in [3.8, 4) is 0 Å². The number of sulfonamides is 1. The van der Waals surface area contributed by atoms with Crippen LogP contribution in [0.5, 0.6) is 0 Å². The number of halogens is 1. The molecule has 0 spiro atoms.